The van der Waals surface area contributed by atoms with Crippen LogP contribution < -0.4 is 4.74 Å². The van der Waals surface area contributed by atoms with E-state index in [0.29, 0.717) is 0 Å². The van der Waals surface area contributed by atoms with Crippen molar-refractivity contribution < 1.29 is 4.74 Å². The van der Waals surface area contributed by atoms with Gasteiger partial charge in [-0.2, -0.15) is 5.26 Å². The van der Waals surface area contributed by atoms with E-state index in [1.165, 1.54) is 11.1 Å². The zero-order valence-corrected chi connectivity index (χ0v) is 17.6. The molecule has 3 heteroatoms. The van der Waals surface area contributed by atoms with Gasteiger partial charge in [0.1, 0.15) is 11.2 Å². The van der Waals surface area contributed by atoms with Crippen molar-refractivity contribution >= 4 is 0 Å². The Balaban J connectivity index is 1.45. The number of ether oxygens (including phenoxy) is 1. The smallest absolute Gasteiger partial charge is 0.122 e. The molecule has 152 valence electrons. The molecular weight excluding hydrogens is 368 g/mol. The van der Waals surface area contributed by atoms with Crippen LogP contribution in [0.4, 0.5) is 0 Å². The predicted octanol–water partition coefficient (Wildman–Crippen LogP) is 5.00. The molecule has 0 saturated heterocycles. The van der Waals surface area contributed by atoms with E-state index in [1.807, 2.05) is 36.4 Å². The van der Waals surface area contributed by atoms with E-state index in [1.54, 1.807) is 0 Å². The summed E-state index contributed by atoms with van der Waals surface area (Å²) in [5.41, 5.74) is 4.16. The molecule has 3 aromatic carbocycles. The summed E-state index contributed by atoms with van der Waals surface area (Å²) in [6.45, 7) is 2.62. The monoisotopic (exact) mass is 396 g/mol. The molecule has 0 fully saturated rings. The fourth-order valence-electron chi connectivity index (χ4n) is 4.27. The average Bonchev–Trinajstić information content (AvgIpc) is 3.28. The SMILES string of the molecule is CN(CCc1ccc2c(c1)CCO2)CCC(C#N)(c1ccccc1)c1ccccc1. The molecule has 1 aliphatic rings. The zero-order chi connectivity index (χ0) is 20.8. The minimum atomic E-state index is -0.637. The van der Waals surface area contributed by atoms with Crippen LogP contribution in [0.1, 0.15) is 28.7 Å². The van der Waals surface area contributed by atoms with Gasteiger partial charge < -0.3 is 9.64 Å². The van der Waals surface area contributed by atoms with E-state index in [9.17, 15) is 5.26 Å². The molecule has 0 aromatic heterocycles. The van der Waals surface area contributed by atoms with E-state index in [-0.39, 0.29) is 0 Å². The molecule has 0 N–H and O–H groups in total. The average molecular weight is 397 g/mol. The first-order valence-corrected chi connectivity index (χ1v) is 10.7. The molecule has 0 radical (unpaired) electrons. The van der Waals surface area contributed by atoms with Crippen molar-refractivity contribution in [3.05, 3.63) is 101 Å². The highest BCUT2D eigenvalue weighted by atomic mass is 16.5. The highest BCUT2D eigenvalue weighted by Gasteiger charge is 2.34. The Bertz CT molecular complexity index is 969. The van der Waals surface area contributed by atoms with Crippen molar-refractivity contribution in [2.24, 2.45) is 0 Å². The van der Waals surface area contributed by atoms with Gasteiger partial charge in [-0.05, 0) is 48.2 Å². The molecule has 1 heterocycles. The van der Waals surface area contributed by atoms with E-state index in [2.05, 4.69) is 60.5 Å². The van der Waals surface area contributed by atoms with Gasteiger partial charge >= 0.3 is 0 Å². The van der Waals surface area contributed by atoms with Crippen molar-refractivity contribution in [3.63, 3.8) is 0 Å². The van der Waals surface area contributed by atoms with Crippen LogP contribution in [0.2, 0.25) is 0 Å². The Morgan fingerprint density at radius 2 is 1.60 bits per heavy atom. The molecule has 0 spiro atoms. The third-order valence-corrected chi connectivity index (χ3v) is 6.13. The molecule has 0 aliphatic carbocycles. The van der Waals surface area contributed by atoms with E-state index in [4.69, 9.17) is 4.74 Å². The lowest BCUT2D eigenvalue weighted by Gasteiger charge is -2.30. The minimum absolute atomic E-state index is 0.637. The van der Waals surface area contributed by atoms with Crippen LogP contribution in [0.15, 0.2) is 78.9 Å². The zero-order valence-electron chi connectivity index (χ0n) is 17.6. The Morgan fingerprint density at radius 1 is 0.933 bits per heavy atom. The predicted molar refractivity (Wildman–Crippen MR) is 121 cm³/mol. The van der Waals surface area contributed by atoms with Crippen molar-refractivity contribution in [2.75, 3.05) is 26.7 Å². The second kappa shape index (κ2) is 9.15. The summed E-state index contributed by atoms with van der Waals surface area (Å²) >= 11 is 0. The number of hydrogen-bond acceptors (Lipinski definition) is 3. The summed E-state index contributed by atoms with van der Waals surface area (Å²) in [6.07, 6.45) is 2.77. The number of nitriles is 1. The van der Waals surface area contributed by atoms with Gasteiger partial charge in [-0.15, -0.1) is 0 Å². The van der Waals surface area contributed by atoms with Crippen LogP contribution in [0, 0.1) is 11.3 Å². The van der Waals surface area contributed by atoms with E-state index in [0.717, 1.165) is 55.8 Å². The number of fused-ring (bicyclic) bond motifs is 1. The topological polar surface area (TPSA) is 36.3 Å². The van der Waals surface area contributed by atoms with Gasteiger partial charge in [-0.1, -0.05) is 72.8 Å². The van der Waals surface area contributed by atoms with Crippen LogP contribution in [0.25, 0.3) is 0 Å². The highest BCUT2D eigenvalue weighted by Crippen LogP contribution is 2.35. The van der Waals surface area contributed by atoms with Gasteiger partial charge in [0.2, 0.25) is 0 Å². The van der Waals surface area contributed by atoms with Crippen LogP contribution in [0.3, 0.4) is 0 Å². The molecule has 4 rings (SSSR count). The molecule has 0 amide bonds. The van der Waals surface area contributed by atoms with Gasteiger partial charge in [-0.25, -0.2) is 0 Å². The Morgan fingerprint density at radius 3 is 2.23 bits per heavy atom. The molecule has 0 saturated carbocycles. The summed E-state index contributed by atoms with van der Waals surface area (Å²) < 4.78 is 5.61. The van der Waals surface area contributed by atoms with Crippen LogP contribution >= 0.6 is 0 Å². The van der Waals surface area contributed by atoms with Crippen molar-refractivity contribution in [1.29, 1.82) is 5.26 Å². The lowest BCUT2D eigenvalue weighted by molar-refractivity contribution is 0.315. The standard InChI is InChI=1S/C27H28N2O/c1-29(17-14-22-12-13-26-23(20-22)15-19-30-26)18-16-27(21-28,24-8-4-2-5-9-24)25-10-6-3-7-11-25/h2-13,20H,14-19H2,1H3. The third kappa shape index (κ3) is 4.25. The molecule has 30 heavy (non-hydrogen) atoms. The number of hydrogen-bond donors (Lipinski definition) is 0. The summed E-state index contributed by atoms with van der Waals surface area (Å²) in [5.74, 6) is 1.04. The van der Waals surface area contributed by atoms with Crippen molar-refractivity contribution in [2.45, 2.75) is 24.7 Å². The van der Waals surface area contributed by atoms with Crippen LogP contribution in [-0.4, -0.2) is 31.6 Å². The third-order valence-electron chi connectivity index (χ3n) is 6.13. The first-order valence-electron chi connectivity index (χ1n) is 10.7. The van der Waals surface area contributed by atoms with Gasteiger partial charge in [0.05, 0.1) is 12.7 Å². The first kappa shape index (κ1) is 20.2. The summed E-state index contributed by atoms with van der Waals surface area (Å²) in [4.78, 5) is 2.34. The fraction of sp³-hybridized carbons (Fsp3) is 0.296. The Hall–Kier alpha value is -3.09. The number of rotatable bonds is 8. The number of nitrogens with zero attached hydrogens (tertiary/aromatic N) is 2. The second-order valence-electron chi connectivity index (χ2n) is 8.09. The molecule has 3 nitrogen and oxygen atoms in total. The van der Waals surface area contributed by atoms with Crippen molar-refractivity contribution in [1.82, 2.24) is 4.90 Å². The quantitative estimate of drug-likeness (QED) is 0.538. The Labute approximate surface area is 179 Å². The molecule has 0 unspecified atom stereocenters. The fourth-order valence-corrected chi connectivity index (χ4v) is 4.27. The summed E-state index contributed by atoms with van der Waals surface area (Å²) in [7, 11) is 2.15. The van der Waals surface area contributed by atoms with Gasteiger partial charge in [-0.3, -0.25) is 0 Å². The van der Waals surface area contributed by atoms with E-state index >= 15 is 0 Å². The normalized spacial score (nSPS) is 13.0. The highest BCUT2D eigenvalue weighted by molar-refractivity contribution is 5.46. The summed E-state index contributed by atoms with van der Waals surface area (Å²) in [5, 5.41) is 10.3. The maximum Gasteiger partial charge on any atom is 0.122 e. The van der Waals surface area contributed by atoms with Crippen LogP contribution in [-0.2, 0) is 18.3 Å². The minimum Gasteiger partial charge on any atom is -0.493 e. The first-order chi connectivity index (χ1) is 14.7. The van der Waals surface area contributed by atoms with E-state index < -0.39 is 5.41 Å². The number of likely N-dealkylation sites (N-methyl/N-ethyl adjacent to an activating group) is 1. The van der Waals surface area contributed by atoms with Crippen LogP contribution in [0.5, 0.6) is 5.75 Å². The molecule has 0 bridgehead atoms. The van der Waals surface area contributed by atoms with Crippen molar-refractivity contribution in [3.8, 4) is 11.8 Å². The summed E-state index contributed by atoms with van der Waals surface area (Å²) in [6, 6.07) is 29.6. The second-order valence-corrected chi connectivity index (χ2v) is 8.09. The van der Waals surface area contributed by atoms with Gasteiger partial charge in [0.15, 0.2) is 0 Å². The molecule has 0 atom stereocenters. The maximum atomic E-state index is 10.3. The number of benzene rings is 3. The molecular formula is C27H28N2O. The van der Waals surface area contributed by atoms with Gasteiger partial charge in [0.25, 0.3) is 0 Å². The Kier molecular flexibility index (Phi) is 6.16. The molecule has 1 aliphatic heterocycles. The molecule has 3 aromatic rings. The lowest BCUT2D eigenvalue weighted by atomic mass is 9.73. The largest absolute Gasteiger partial charge is 0.493 e. The lowest BCUT2D eigenvalue weighted by Crippen LogP contribution is -2.32. The maximum absolute atomic E-state index is 10.3. The van der Waals surface area contributed by atoms with Gasteiger partial charge in [0, 0.05) is 19.5 Å².